The summed E-state index contributed by atoms with van der Waals surface area (Å²) in [6, 6.07) is 4.70. The molecule has 0 fully saturated rings. The van der Waals surface area contributed by atoms with Gasteiger partial charge in [0.2, 0.25) is 0 Å². The Morgan fingerprint density at radius 1 is 1.41 bits per heavy atom. The van der Waals surface area contributed by atoms with E-state index in [0.29, 0.717) is 13.2 Å². The Balaban J connectivity index is 2.90. The first kappa shape index (κ1) is 13.4. The van der Waals surface area contributed by atoms with E-state index in [1.165, 1.54) is 6.07 Å². The molecule has 1 N–H and O–H groups in total. The summed E-state index contributed by atoms with van der Waals surface area (Å²) in [5, 5.41) is 13.8. The molecule has 94 valence electrons. The summed E-state index contributed by atoms with van der Waals surface area (Å²) in [7, 11) is 0. The van der Waals surface area contributed by atoms with Crippen molar-refractivity contribution in [3.05, 3.63) is 33.9 Å². The topological polar surface area (TPSA) is 64.4 Å². The smallest absolute Gasteiger partial charge is 0.270 e. The number of hydrogen-bond acceptors (Lipinski definition) is 4. The van der Waals surface area contributed by atoms with Crippen molar-refractivity contribution in [3.8, 4) is 5.75 Å². The van der Waals surface area contributed by atoms with E-state index in [2.05, 4.69) is 5.32 Å². The molecule has 0 aliphatic rings. The summed E-state index contributed by atoms with van der Waals surface area (Å²) in [6.45, 7) is 6.03. The highest BCUT2D eigenvalue weighted by atomic mass is 16.6. The fourth-order valence-electron chi connectivity index (χ4n) is 1.43. The van der Waals surface area contributed by atoms with Crippen molar-refractivity contribution < 1.29 is 9.66 Å². The first-order chi connectivity index (χ1) is 8.19. The fourth-order valence-corrected chi connectivity index (χ4v) is 1.43. The molecule has 0 unspecified atom stereocenters. The van der Waals surface area contributed by atoms with E-state index < -0.39 is 0 Å². The Kier molecular flexibility index (Phi) is 5.42. The molecule has 0 spiro atoms. The van der Waals surface area contributed by atoms with Crippen molar-refractivity contribution in [2.24, 2.45) is 0 Å². The van der Waals surface area contributed by atoms with E-state index in [1.807, 2.05) is 13.8 Å². The van der Waals surface area contributed by atoms with Gasteiger partial charge in [0.15, 0.2) is 0 Å². The molecule has 17 heavy (non-hydrogen) atoms. The number of nitrogens with zero attached hydrogens (tertiary/aromatic N) is 1. The van der Waals surface area contributed by atoms with E-state index in [-0.39, 0.29) is 10.6 Å². The van der Waals surface area contributed by atoms with Crippen LogP contribution >= 0.6 is 0 Å². The van der Waals surface area contributed by atoms with E-state index in [1.54, 1.807) is 12.1 Å². The predicted octanol–water partition coefficient (Wildman–Crippen LogP) is 2.49. The molecule has 0 aliphatic heterocycles. The Labute approximate surface area is 101 Å². The van der Waals surface area contributed by atoms with Crippen LogP contribution in [0.3, 0.4) is 0 Å². The maximum atomic E-state index is 10.7. The lowest BCUT2D eigenvalue weighted by atomic mass is 10.1. The largest absolute Gasteiger partial charge is 0.493 e. The molecule has 1 aromatic rings. The van der Waals surface area contributed by atoms with Crippen molar-refractivity contribution in [2.45, 2.75) is 26.8 Å². The van der Waals surface area contributed by atoms with Gasteiger partial charge in [-0.2, -0.15) is 0 Å². The third-order valence-electron chi connectivity index (χ3n) is 2.28. The zero-order chi connectivity index (χ0) is 12.7. The lowest BCUT2D eigenvalue weighted by molar-refractivity contribution is -0.384. The summed E-state index contributed by atoms with van der Waals surface area (Å²) in [5.74, 6) is 0.721. The lowest BCUT2D eigenvalue weighted by Crippen LogP contribution is -2.13. The first-order valence-electron chi connectivity index (χ1n) is 5.79. The minimum atomic E-state index is -0.390. The van der Waals surface area contributed by atoms with Crippen LogP contribution < -0.4 is 10.1 Å². The molecule has 0 bridgehead atoms. The average molecular weight is 238 g/mol. The van der Waals surface area contributed by atoms with E-state index in [4.69, 9.17) is 4.74 Å². The Hall–Kier alpha value is -1.62. The van der Waals surface area contributed by atoms with Gasteiger partial charge in [0.1, 0.15) is 5.75 Å². The monoisotopic (exact) mass is 238 g/mol. The standard InChI is InChI=1S/C12H18N2O3/c1-3-7-17-12-6-5-11(14(15)16)8-10(12)9-13-4-2/h5-6,8,13H,3-4,7,9H2,1-2H3. The summed E-state index contributed by atoms with van der Waals surface area (Å²) >= 11 is 0. The van der Waals surface area contributed by atoms with Crippen LogP contribution in [0.4, 0.5) is 5.69 Å². The second-order valence-corrected chi connectivity index (χ2v) is 3.68. The van der Waals surface area contributed by atoms with Gasteiger partial charge < -0.3 is 10.1 Å². The molecule has 0 heterocycles. The number of nitrogens with one attached hydrogen (secondary N) is 1. The molecule has 0 saturated heterocycles. The number of rotatable bonds is 7. The van der Waals surface area contributed by atoms with Crippen molar-refractivity contribution in [3.63, 3.8) is 0 Å². The highest BCUT2D eigenvalue weighted by Gasteiger charge is 2.11. The maximum absolute atomic E-state index is 10.7. The van der Waals surface area contributed by atoms with Crippen LogP contribution in [0.15, 0.2) is 18.2 Å². The van der Waals surface area contributed by atoms with Gasteiger partial charge in [-0.3, -0.25) is 10.1 Å². The molecule has 0 saturated carbocycles. The molecule has 0 amide bonds. The number of ether oxygens (including phenoxy) is 1. The fraction of sp³-hybridized carbons (Fsp3) is 0.500. The first-order valence-corrected chi connectivity index (χ1v) is 5.79. The quantitative estimate of drug-likeness (QED) is 0.585. The van der Waals surface area contributed by atoms with E-state index in [0.717, 1.165) is 24.3 Å². The summed E-state index contributed by atoms with van der Waals surface area (Å²) in [4.78, 5) is 10.3. The molecule has 5 heteroatoms. The minimum Gasteiger partial charge on any atom is -0.493 e. The highest BCUT2D eigenvalue weighted by Crippen LogP contribution is 2.24. The van der Waals surface area contributed by atoms with Gasteiger partial charge in [-0.1, -0.05) is 13.8 Å². The molecule has 1 aromatic carbocycles. The van der Waals surface area contributed by atoms with Crippen LogP contribution in [-0.2, 0) is 6.54 Å². The number of nitro benzene ring substituents is 1. The average Bonchev–Trinajstić information content (AvgIpc) is 2.34. The summed E-state index contributed by atoms with van der Waals surface area (Å²) < 4.78 is 5.56. The normalized spacial score (nSPS) is 10.2. The van der Waals surface area contributed by atoms with Gasteiger partial charge in [0, 0.05) is 24.2 Å². The molecule has 5 nitrogen and oxygen atoms in total. The van der Waals surface area contributed by atoms with Crippen LogP contribution in [0.2, 0.25) is 0 Å². The molecule has 1 rings (SSSR count). The summed E-state index contributed by atoms with van der Waals surface area (Å²) in [6.07, 6.45) is 0.914. The second kappa shape index (κ2) is 6.85. The lowest BCUT2D eigenvalue weighted by Gasteiger charge is -2.10. The molecule has 0 radical (unpaired) electrons. The highest BCUT2D eigenvalue weighted by molar-refractivity contribution is 5.43. The molecular formula is C12H18N2O3. The zero-order valence-corrected chi connectivity index (χ0v) is 10.2. The number of nitro groups is 1. The Bertz CT molecular complexity index is 380. The molecule has 0 aromatic heterocycles. The maximum Gasteiger partial charge on any atom is 0.270 e. The molecular weight excluding hydrogens is 220 g/mol. The summed E-state index contributed by atoms with van der Waals surface area (Å²) in [5.41, 5.74) is 0.927. The van der Waals surface area contributed by atoms with Crippen molar-refractivity contribution >= 4 is 5.69 Å². The van der Waals surface area contributed by atoms with Crippen molar-refractivity contribution in [2.75, 3.05) is 13.2 Å². The Morgan fingerprint density at radius 3 is 2.76 bits per heavy atom. The van der Waals surface area contributed by atoms with Gasteiger partial charge in [-0.05, 0) is 19.0 Å². The zero-order valence-electron chi connectivity index (χ0n) is 10.2. The number of benzene rings is 1. The van der Waals surface area contributed by atoms with Gasteiger partial charge in [0.05, 0.1) is 11.5 Å². The predicted molar refractivity (Wildman–Crippen MR) is 66.3 cm³/mol. The minimum absolute atomic E-state index is 0.0988. The van der Waals surface area contributed by atoms with Gasteiger partial charge in [0.25, 0.3) is 5.69 Å². The van der Waals surface area contributed by atoms with Crippen molar-refractivity contribution in [1.29, 1.82) is 0 Å². The van der Waals surface area contributed by atoms with Gasteiger partial charge >= 0.3 is 0 Å². The molecule has 0 atom stereocenters. The van der Waals surface area contributed by atoms with Gasteiger partial charge in [-0.25, -0.2) is 0 Å². The number of non-ortho nitro benzene ring substituents is 1. The molecule has 0 aliphatic carbocycles. The van der Waals surface area contributed by atoms with Crippen LogP contribution in [0, 0.1) is 10.1 Å². The van der Waals surface area contributed by atoms with E-state index >= 15 is 0 Å². The second-order valence-electron chi connectivity index (χ2n) is 3.68. The van der Waals surface area contributed by atoms with Crippen LogP contribution in [0.25, 0.3) is 0 Å². The third kappa shape index (κ3) is 4.03. The SMILES string of the molecule is CCCOc1ccc([N+](=O)[O-])cc1CNCC. The van der Waals surface area contributed by atoms with Crippen molar-refractivity contribution in [1.82, 2.24) is 5.32 Å². The van der Waals surface area contributed by atoms with E-state index in [9.17, 15) is 10.1 Å². The van der Waals surface area contributed by atoms with Crippen LogP contribution in [0.5, 0.6) is 5.75 Å². The van der Waals surface area contributed by atoms with Gasteiger partial charge in [-0.15, -0.1) is 0 Å². The van der Waals surface area contributed by atoms with Crippen LogP contribution in [0.1, 0.15) is 25.8 Å². The Morgan fingerprint density at radius 2 is 2.18 bits per heavy atom. The number of hydrogen-bond donors (Lipinski definition) is 1. The van der Waals surface area contributed by atoms with Crippen LogP contribution in [-0.4, -0.2) is 18.1 Å². The third-order valence-corrected chi connectivity index (χ3v) is 2.28.